The quantitative estimate of drug-likeness (QED) is 0.344. The van der Waals surface area contributed by atoms with Gasteiger partial charge in [-0.15, -0.1) is 0 Å². The zero-order valence-corrected chi connectivity index (χ0v) is 9.99. The molecule has 0 aromatic heterocycles. The third kappa shape index (κ3) is 6.47. The number of hydroxylamine groups is 1. The first-order valence-corrected chi connectivity index (χ1v) is 5.68. The highest BCUT2D eigenvalue weighted by Crippen LogP contribution is 2.14. The van der Waals surface area contributed by atoms with Crippen molar-refractivity contribution in [3.63, 3.8) is 0 Å². The molecule has 2 unspecified atom stereocenters. The minimum Gasteiger partial charge on any atom is -0.320 e. The number of carbonyl (C=O) groups is 1. The van der Waals surface area contributed by atoms with Crippen molar-refractivity contribution in [1.82, 2.24) is 5.48 Å². The van der Waals surface area contributed by atoms with Crippen LogP contribution in [0.4, 0.5) is 0 Å². The van der Waals surface area contributed by atoms with Gasteiger partial charge in [0.05, 0.1) is 6.04 Å². The molecular weight excluding hydrogens is 192 g/mol. The van der Waals surface area contributed by atoms with E-state index in [1.807, 2.05) is 6.92 Å². The predicted molar refractivity (Wildman–Crippen MR) is 60.4 cm³/mol. The molecule has 0 fully saturated rings. The first-order chi connectivity index (χ1) is 6.99. The Balaban J connectivity index is 3.64. The maximum atomic E-state index is 11.0. The maximum Gasteiger partial charge on any atom is 0.260 e. The van der Waals surface area contributed by atoms with Gasteiger partial charge < -0.3 is 5.73 Å². The molecule has 90 valence electrons. The summed E-state index contributed by atoms with van der Waals surface area (Å²) in [5, 5.41) is 8.42. The van der Waals surface area contributed by atoms with Gasteiger partial charge in [-0.2, -0.15) is 0 Å². The second kappa shape index (κ2) is 7.65. The van der Waals surface area contributed by atoms with Gasteiger partial charge in [0.2, 0.25) is 0 Å². The molecule has 0 bridgehead atoms. The lowest BCUT2D eigenvalue weighted by Crippen LogP contribution is -2.43. The van der Waals surface area contributed by atoms with Crippen LogP contribution >= 0.6 is 0 Å². The Morgan fingerprint density at radius 3 is 2.27 bits per heavy atom. The number of nitrogens with one attached hydrogen (secondary N) is 1. The smallest absolute Gasteiger partial charge is 0.260 e. The number of hydrogen-bond donors (Lipinski definition) is 3. The Hall–Kier alpha value is -0.610. The van der Waals surface area contributed by atoms with Gasteiger partial charge in [0.1, 0.15) is 0 Å². The largest absolute Gasteiger partial charge is 0.320 e. The van der Waals surface area contributed by atoms with Gasteiger partial charge in [-0.1, -0.05) is 40.0 Å². The normalized spacial score (nSPS) is 15.1. The second-order valence-corrected chi connectivity index (χ2v) is 4.66. The second-order valence-electron chi connectivity index (χ2n) is 4.66. The summed E-state index contributed by atoms with van der Waals surface area (Å²) in [4.78, 5) is 11.0. The average Bonchev–Trinajstić information content (AvgIpc) is 2.21. The van der Waals surface area contributed by atoms with Crippen LogP contribution in [0.15, 0.2) is 0 Å². The van der Waals surface area contributed by atoms with Crippen LogP contribution in [0.2, 0.25) is 0 Å². The Morgan fingerprint density at radius 1 is 1.27 bits per heavy atom. The molecule has 0 aliphatic rings. The highest BCUT2D eigenvalue weighted by Gasteiger charge is 2.19. The molecule has 0 aromatic rings. The summed E-state index contributed by atoms with van der Waals surface area (Å²) in [6, 6.07) is -0.603. The summed E-state index contributed by atoms with van der Waals surface area (Å²) in [6.07, 6.45) is 4.41. The van der Waals surface area contributed by atoms with Crippen molar-refractivity contribution in [1.29, 1.82) is 0 Å². The van der Waals surface area contributed by atoms with Crippen LogP contribution < -0.4 is 11.2 Å². The molecule has 0 saturated heterocycles. The Bertz CT molecular complexity index is 183. The van der Waals surface area contributed by atoms with Gasteiger partial charge in [-0.3, -0.25) is 10.0 Å². The Kier molecular flexibility index (Phi) is 7.34. The minimum atomic E-state index is -0.603. The topological polar surface area (TPSA) is 75.4 Å². The minimum absolute atomic E-state index is 0.115. The summed E-state index contributed by atoms with van der Waals surface area (Å²) < 4.78 is 0. The number of hydrogen-bond acceptors (Lipinski definition) is 3. The van der Waals surface area contributed by atoms with Crippen LogP contribution in [0, 0.1) is 11.8 Å². The van der Waals surface area contributed by atoms with Crippen LogP contribution in [-0.4, -0.2) is 17.2 Å². The summed E-state index contributed by atoms with van der Waals surface area (Å²) in [6.45, 7) is 6.35. The van der Waals surface area contributed by atoms with Gasteiger partial charge in [-0.05, 0) is 18.3 Å². The van der Waals surface area contributed by atoms with Gasteiger partial charge >= 0.3 is 0 Å². The molecule has 0 aliphatic heterocycles. The fraction of sp³-hybridized carbons (Fsp3) is 0.909. The van der Waals surface area contributed by atoms with E-state index in [0.717, 1.165) is 18.8 Å². The fourth-order valence-electron chi connectivity index (χ4n) is 1.53. The number of amides is 1. The van der Waals surface area contributed by atoms with Crippen LogP contribution in [0.1, 0.15) is 46.5 Å². The molecule has 4 heteroatoms. The lowest BCUT2D eigenvalue weighted by Gasteiger charge is -2.17. The van der Waals surface area contributed by atoms with E-state index in [4.69, 9.17) is 10.9 Å². The molecule has 15 heavy (non-hydrogen) atoms. The Labute approximate surface area is 92.2 Å². The van der Waals surface area contributed by atoms with E-state index < -0.39 is 11.9 Å². The van der Waals surface area contributed by atoms with E-state index >= 15 is 0 Å². The third-order valence-electron chi connectivity index (χ3n) is 2.72. The van der Waals surface area contributed by atoms with Crippen LogP contribution in [-0.2, 0) is 4.79 Å². The molecule has 0 radical (unpaired) electrons. The molecule has 0 rings (SSSR count). The monoisotopic (exact) mass is 216 g/mol. The van der Waals surface area contributed by atoms with E-state index in [2.05, 4.69) is 13.8 Å². The van der Waals surface area contributed by atoms with E-state index in [-0.39, 0.29) is 5.92 Å². The summed E-state index contributed by atoms with van der Waals surface area (Å²) in [7, 11) is 0. The van der Waals surface area contributed by atoms with Crippen LogP contribution in [0.25, 0.3) is 0 Å². The molecule has 0 aromatic carbocycles. The lowest BCUT2D eigenvalue weighted by molar-refractivity contribution is -0.131. The van der Waals surface area contributed by atoms with Gasteiger partial charge in [0.25, 0.3) is 5.91 Å². The highest BCUT2D eigenvalue weighted by molar-refractivity contribution is 5.80. The van der Waals surface area contributed by atoms with Crippen molar-refractivity contribution in [2.75, 3.05) is 0 Å². The first kappa shape index (κ1) is 14.4. The number of carbonyl (C=O) groups excluding carboxylic acids is 1. The molecule has 2 atom stereocenters. The molecule has 0 saturated carbocycles. The first-order valence-electron chi connectivity index (χ1n) is 5.68. The number of nitrogens with two attached hydrogens (primary N) is 1. The summed E-state index contributed by atoms with van der Waals surface area (Å²) in [5.74, 6) is 0.352. The van der Waals surface area contributed by atoms with Gasteiger partial charge in [-0.25, -0.2) is 5.48 Å². The van der Waals surface area contributed by atoms with Crippen molar-refractivity contribution in [3.8, 4) is 0 Å². The number of rotatable bonds is 7. The molecule has 0 heterocycles. The molecular formula is C11H24N2O2. The van der Waals surface area contributed by atoms with Crippen LogP contribution in [0.3, 0.4) is 0 Å². The van der Waals surface area contributed by atoms with E-state index in [1.54, 1.807) is 5.48 Å². The zero-order valence-electron chi connectivity index (χ0n) is 9.99. The molecule has 0 aliphatic carbocycles. The summed E-state index contributed by atoms with van der Waals surface area (Å²) in [5.41, 5.74) is 7.23. The highest BCUT2D eigenvalue weighted by atomic mass is 16.5. The van der Waals surface area contributed by atoms with Crippen LogP contribution in [0.5, 0.6) is 0 Å². The summed E-state index contributed by atoms with van der Waals surface area (Å²) >= 11 is 0. The van der Waals surface area contributed by atoms with Crippen molar-refractivity contribution >= 4 is 5.91 Å². The van der Waals surface area contributed by atoms with E-state index in [1.165, 1.54) is 12.8 Å². The molecule has 4 N–H and O–H groups in total. The molecule has 4 nitrogen and oxygen atoms in total. The van der Waals surface area contributed by atoms with E-state index in [9.17, 15) is 4.79 Å². The predicted octanol–water partition coefficient (Wildman–Crippen LogP) is 1.67. The maximum absolute atomic E-state index is 11.0. The van der Waals surface area contributed by atoms with E-state index in [0.29, 0.717) is 0 Å². The van der Waals surface area contributed by atoms with Gasteiger partial charge in [0.15, 0.2) is 0 Å². The Morgan fingerprint density at radius 2 is 1.80 bits per heavy atom. The third-order valence-corrected chi connectivity index (χ3v) is 2.72. The van der Waals surface area contributed by atoms with Gasteiger partial charge in [0, 0.05) is 0 Å². The van der Waals surface area contributed by atoms with Crippen molar-refractivity contribution in [3.05, 3.63) is 0 Å². The van der Waals surface area contributed by atoms with Crippen molar-refractivity contribution < 1.29 is 10.0 Å². The standard InChI is InChI=1S/C11H24N2O2/c1-8(2)6-4-5-7-9(3)10(12)11(14)13-15/h8-10,15H,4-7,12H2,1-3H3,(H,13,14). The SMILES string of the molecule is CC(C)CCCCC(C)C(N)C(=O)NO. The lowest BCUT2D eigenvalue weighted by atomic mass is 9.94. The van der Waals surface area contributed by atoms with Crippen molar-refractivity contribution in [2.45, 2.75) is 52.5 Å². The molecule has 1 amide bonds. The zero-order chi connectivity index (χ0) is 11.8. The number of unbranched alkanes of at least 4 members (excludes halogenated alkanes) is 1. The van der Waals surface area contributed by atoms with Crippen molar-refractivity contribution in [2.24, 2.45) is 17.6 Å². The molecule has 0 spiro atoms. The fourth-order valence-corrected chi connectivity index (χ4v) is 1.53. The average molecular weight is 216 g/mol.